The average Bonchev–Trinajstić information content (AvgIpc) is 2.71. The van der Waals surface area contributed by atoms with Gasteiger partial charge in [-0.05, 0) is 25.5 Å². The van der Waals surface area contributed by atoms with Gasteiger partial charge >= 0.3 is 0 Å². The van der Waals surface area contributed by atoms with E-state index in [9.17, 15) is 4.39 Å². The van der Waals surface area contributed by atoms with E-state index in [4.69, 9.17) is 4.74 Å². The molecule has 0 heterocycles. The van der Waals surface area contributed by atoms with Crippen LogP contribution in [0.2, 0.25) is 0 Å². The van der Waals surface area contributed by atoms with Crippen molar-refractivity contribution >= 4 is 0 Å². The Morgan fingerprint density at radius 3 is 2.50 bits per heavy atom. The van der Waals surface area contributed by atoms with Crippen LogP contribution in [-0.4, -0.2) is 18.7 Å². The highest BCUT2D eigenvalue weighted by molar-refractivity contribution is 5.16. The highest BCUT2D eigenvalue weighted by Crippen LogP contribution is 2.31. The van der Waals surface area contributed by atoms with Gasteiger partial charge in [0.25, 0.3) is 0 Å². The van der Waals surface area contributed by atoms with Crippen molar-refractivity contribution in [2.24, 2.45) is 0 Å². The minimum absolute atomic E-state index is 0.116. The molecule has 1 aliphatic carbocycles. The summed E-state index contributed by atoms with van der Waals surface area (Å²) in [6.45, 7) is 4.31. The van der Waals surface area contributed by atoms with Gasteiger partial charge in [-0.15, -0.1) is 0 Å². The Morgan fingerprint density at radius 1 is 1.15 bits per heavy atom. The zero-order valence-electron chi connectivity index (χ0n) is 12.5. The van der Waals surface area contributed by atoms with E-state index in [2.05, 4.69) is 12.2 Å². The van der Waals surface area contributed by atoms with E-state index in [0.717, 1.165) is 25.9 Å². The fourth-order valence-corrected chi connectivity index (χ4v) is 2.94. The van der Waals surface area contributed by atoms with Crippen molar-refractivity contribution in [2.75, 3.05) is 13.1 Å². The normalized spacial score (nSPS) is 18.7. The van der Waals surface area contributed by atoms with Crippen molar-refractivity contribution in [1.82, 2.24) is 5.32 Å². The molecular formula is C17H26FNO. The Bertz CT molecular complexity index is 400. The van der Waals surface area contributed by atoms with Gasteiger partial charge in [-0.25, -0.2) is 4.39 Å². The SMILES string of the molecule is CCNCC1(OCc2ccccc2F)CCCCCC1. The summed E-state index contributed by atoms with van der Waals surface area (Å²) < 4.78 is 19.9. The molecule has 1 saturated carbocycles. The van der Waals surface area contributed by atoms with Crippen LogP contribution in [0.3, 0.4) is 0 Å². The van der Waals surface area contributed by atoms with Crippen LogP contribution in [0, 0.1) is 5.82 Å². The van der Waals surface area contributed by atoms with Crippen LogP contribution in [0.25, 0.3) is 0 Å². The van der Waals surface area contributed by atoms with E-state index in [1.165, 1.54) is 31.7 Å². The summed E-state index contributed by atoms with van der Waals surface area (Å²) in [6.07, 6.45) is 7.15. The Morgan fingerprint density at radius 2 is 1.85 bits per heavy atom. The molecule has 0 aromatic heterocycles. The fourth-order valence-electron chi connectivity index (χ4n) is 2.94. The zero-order chi connectivity index (χ0) is 14.3. The quantitative estimate of drug-likeness (QED) is 0.793. The van der Waals surface area contributed by atoms with E-state index in [1.54, 1.807) is 6.07 Å². The molecule has 0 amide bonds. The molecule has 1 aromatic rings. The first-order chi connectivity index (χ1) is 9.76. The number of likely N-dealkylation sites (N-methyl/N-ethyl adjacent to an activating group) is 1. The molecule has 0 spiro atoms. The van der Waals surface area contributed by atoms with Crippen LogP contribution in [0.5, 0.6) is 0 Å². The van der Waals surface area contributed by atoms with Gasteiger partial charge in [-0.2, -0.15) is 0 Å². The predicted molar refractivity (Wildman–Crippen MR) is 80.2 cm³/mol. The average molecular weight is 279 g/mol. The van der Waals surface area contributed by atoms with Crippen LogP contribution in [-0.2, 0) is 11.3 Å². The molecule has 1 aromatic carbocycles. The second kappa shape index (κ2) is 7.75. The van der Waals surface area contributed by atoms with E-state index in [0.29, 0.717) is 12.2 Å². The molecule has 112 valence electrons. The Labute approximate surface area is 121 Å². The molecule has 0 bridgehead atoms. The molecule has 0 atom stereocenters. The van der Waals surface area contributed by atoms with Crippen molar-refractivity contribution in [3.05, 3.63) is 35.6 Å². The van der Waals surface area contributed by atoms with E-state index in [-0.39, 0.29) is 11.4 Å². The zero-order valence-corrected chi connectivity index (χ0v) is 12.5. The van der Waals surface area contributed by atoms with Crippen molar-refractivity contribution in [3.8, 4) is 0 Å². The molecule has 0 aliphatic heterocycles. The standard InChI is InChI=1S/C17H26FNO/c1-2-19-14-17(11-7-3-4-8-12-17)20-13-15-9-5-6-10-16(15)18/h5-6,9-10,19H,2-4,7-8,11-14H2,1H3. The lowest BCUT2D eigenvalue weighted by Crippen LogP contribution is -2.42. The van der Waals surface area contributed by atoms with Crippen molar-refractivity contribution in [2.45, 2.75) is 57.7 Å². The van der Waals surface area contributed by atoms with E-state index >= 15 is 0 Å². The van der Waals surface area contributed by atoms with Gasteiger partial charge in [0.1, 0.15) is 5.82 Å². The third-order valence-electron chi connectivity index (χ3n) is 4.20. The third-order valence-corrected chi connectivity index (χ3v) is 4.20. The summed E-state index contributed by atoms with van der Waals surface area (Å²) in [4.78, 5) is 0. The minimum atomic E-state index is -0.167. The molecule has 0 saturated heterocycles. The van der Waals surface area contributed by atoms with Gasteiger partial charge in [0, 0.05) is 12.1 Å². The molecule has 1 fully saturated rings. The van der Waals surface area contributed by atoms with Crippen molar-refractivity contribution in [3.63, 3.8) is 0 Å². The first-order valence-electron chi connectivity index (χ1n) is 7.84. The first kappa shape index (κ1) is 15.5. The van der Waals surface area contributed by atoms with Crippen molar-refractivity contribution in [1.29, 1.82) is 0 Å². The van der Waals surface area contributed by atoms with Gasteiger partial charge in [0.15, 0.2) is 0 Å². The lowest BCUT2D eigenvalue weighted by atomic mass is 9.94. The van der Waals surface area contributed by atoms with E-state index < -0.39 is 0 Å². The number of nitrogens with one attached hydrogen (secondary N) is 1. The second-order valence-corrected chi connectivity index (χ2v) is 5.76. The summed E-state index contributed by atoms with van der Waals surface area (Å²) in [5.41, 5.74) is 0.544. The lowest BCUT2D eigenvalue weighted by molar-refractivity contribution is -0.0661. The summed E-state index contributed by atoms with van der Waals surface area (Å²) in [6, 6.07) is 6.90. The monoisotopic (exact) mass is 279 g/mol. The van der Waals surface area contributed by atoms with Crippen LogP contribution < -0.4 is 5.32 Å². The molecule has 0 unspecified atom stereocenters. The maximum Gasteiger partial charge on any atom is 0.128 e. The molecule has 2 rings (SSSR count). The molecular weight excluding hydrogens is 253 g/mol. The topological polar surface area (TPSA) is 21.3 Å². The maximum absolute atomic E-state index is 13.7. The van der Waals surface area contributed by atoms with Gasteiger partial charge < -0.3 is 10.1 Å². The number of hydrogen-bond acceptors (Lipinski definition) is 2. The maximum atomic E-state index is 13.7. The van der Waals surface area contributed by atoms with Gasteiger partial charge in [0.2, 0.25) is 0 Å². The fraction of sp³-hybridized carbons (Fsp3) is 0.647. The van der Waals surface area contributed by atoms with Gasteiger partial charge in [0.05, 0.1) is 12.2 Å². The second-order valence-electron chi connectivity index (χ2n) is 5.76. The third kappa shape index (κ3) is 4.29. The number of benzene rings is 1. The first-order valence-corrected chi connectivity index (χ1v) is 7.84. The van der Waals surface area contributed by atoms with Gasteiger partial charge in [-0.1, -0.05) is 50.8 Å². The summed E-state index contributed by atoms with van der Waals surface area (Å²) in [7, 11) is 0. The molecule has 3 heteroatoms. The molecule has 20 heavy (non-hydrogen) atoms. The molecule has 1 N–H and O–H groups in total. The summed E-state index contributed by atoms with van der Waals surface area (Å²) >= 11 is 0. The largest absolute Gasteiger partial charge is 0.369 e. The van der Waals surface area contributed by atoms with Gasteiger partial charge in [-0.3, -0.25) is 0 Å². The van der Waals surface area contributed by atoms with Crippen LogP contribution in [0.15, 0.2) is 24.3 Å². The minimum Gasteiger partial charge on any atom is -0.369 e. The molecule has 1 aliphatic rings. The van der Waals surface area contributed by atoms with Crippen LogP contribution in [0.1, 0.15) is 51.0 Å². The highest BCUT2D eigenvalue weighted by Gasteiger charge is 2.31. The highest BCUT2D eigenvalue weighted by atomic mass is 19.1. The Hall–Kier alpha value is -0.930. The van der Waals surface area contributed by atoms with Crippen LogP contribution in [0.4, 0.5) is 4.39 Å². The number of rotatable bonds is 6. The predicted octanol–water partition coefficient (Wildman–Crippen LogP) is 4.04. The Balaban J connectivity index is 2.01. The molecule has 2 nitrogen and oxygen atoms in total. The van der Waals surface area contributed by atoms with E-state index in [1.807, 2.05) is 12.1 Å². The Kier molecular flexibility index (Phi) is 5.99. The smallest absolute Gasteiger partial charge is 0.128 e. The number of ether oxygens (including phenoxy) is 1. The molecule has 0 radical (unpaired) electrons. The van der Waals surface area contributed by atoms with Crippen molar-refractivity contribution < 1.29 is 9.13 Å². The summed E-state index contributed by atoms with van der Waals surface area (Å²) in [5, 5.41) is 3.42. The number of hydrogen-bond donors (Lipinski definition) is 1. The summed E-state index contributed by atoms with van der Waals surface area (Å²) in [5.74, 6) is -0.167. The number of halogens is 1. The van der Waals surface area contributed by atoms with Crippen LogP contribution >= 0.6 is 0 Å². The lowest BCUT2D eigenvalue weighted by Gasteiger charge is -2.33.